The summed E-state index contributed by atoms with van der Waals surface area (Å²) in [6.07, 6.45) is 0.641. The molecule has 1 aromatic carbocycles. The van der Waals surface area contributed by atoms with E-state index in [-0.39, 0.29) is 11.9 Å². The molecule has 2 heteroatoms. The minimum Gasteiger partial charge on any atom is -0.393 e. The molecule has 0 bridgehead atoms. The van der Waals surface area contributed by atoms with E-state index in [0.29, 0.717) is 11.8 Å². The Morgan fingerprint density at radius 2 is 1.92 bits per heavy atom. The normalized spacial score (nSPS) is 32.7. The van der Waals surface area contributed by atoms with Crippen molar-refractivity contribution >= 4 is 0 Å². The maximum absolute atomic E-state index is 12.6. The van der Waals surface area contributed by atoms with Gasteiger partial charge in [0.25, 0.3) is 0 Å². The zero-order valence-corrected chi connectivity index (χ0v) is 7.57. The summed E-state index contributed by atoms with van der Waals surface area (Å²) in [5, 5.41) is 9.33. The van der Waals surface area contributed by atoms with Crippen LogP contribution < -0.4 is 0 Å². The predicted molar refractivity (Wildman–Crippen MR) is 48.9 cm³/mol. The fraction of sp³-hybridized carbons (Fsp3) is 0.455. The zero-order chi connectivity index (χ0) is 9.42. The van der Waals surface area contributed by atoms with Crippen molar-refractivity contribution in [1.82, 2.24) is 0 Å². The average Bonchev–Trinajstić information content (AvgIpc) is 2.15. The van der Waals surface area contributed by atoms with Crippen molar-refractivity contribution in [3.05, 3.63) is 35.6 Å². The standard InChI is InChI=1S/C11H13FO/c1-7-10(6-11(7)13)8-2-4-9(12)5-3-8/h2-5,7,10-11,13H,6H2,1H3. The van der Waals surface area contributed by atoms with Crippen molar-refractivity contribution in [3.63, 3.8) is 0 Å². The lowest BCUT2D eigenvalue weighted by Crippen LogP contribution is -2.37. The lowest BCUT2D eigenvalue weighted by atomic mass is 9.69. The van der Waals surface area contributed by atoms with Crippen molar-refractivity contribution < 1.29 is 9.50 Å². The molecule has 0 saturated heterocycles. The molecule has 3 atom stereocenters. The molecule has 1 aliphatic carbocycles. The van der Waals surface area contributed by atoms with Crippen molar-refractivity contribution in [3.8, 4) is 0 Å². The summed E-state index contributed by atoms with van der Waals surface area (Å²) in [6.45, 7) is 2.03. The van der Waals surface area contributed by atoms with E-state index in [4.69, 9.17) is 0 Å². The highest BCUT2D eigenvalue weighted by atomic mass is 19.1. The van der Waals surface area contributed by atoms with Gasteiger partial charge in [0, 0.05) is 0 Å². The Bertz CT molecular complexity index is 293. The Hall–Kier alpha value is -0.890. The molecule has 0 heterocycles. The summed E-state index contributed by atoms with van der Waals surface area (Å²) < 4.78 is 12.6. The molecule has 1 aromatic rings. The summed E-state index contributed by atoms with van der Waals surface area (Å²) in [7, 11) is 0. The molecule has 3 unspecified atom stereocenters. The van der Waals surface area contributed by atoms with Crippen molar-refractivity contribution in [2.75, 3.05) is 0 Å². The molecule has 1 aliphatic rings. The second kappa shape index (κ2) is 3.11. The van der Waals surface area contributed by atoms with E-state index in [2.05, 4.69) is 0 Å². The summed E-state index contributed by atoms with van der Waals surface area (Å²) in [5.41, 5.74) is 1.14. The second-order valence-corrected chi connectivity index (χ2v) is 3.82. The van der Waals surface area contributed by atoms with E-state index in [0.717, 1.165) is 12.0 Å². The number of aliphatic hydroxyl groups excluding tert-OH is 1. The maximum atomic E-state index is 12.6. The third kappa shape index (κ3) is 1.46. The molecule has 70 valence electrons. The summed E-state index contributed by atoms with van der Waals surface area (Å²) in [5.74, 6) is 0.525. The number of rotatable bonds is 1. The van der Waals surface area contributed by atoms with Gasteiger partial charge in [-0.05, 0) is 36.0 Å². The first-order chi connectivity index (χ1) is 6.18. The average molecular weight is 180 g/mol. The summed E-state index contributed by atoms with van der Waals surface area (Å²) in [6, 6.07) is 6.57. The van der Waals surface area contributed by atoms with E-state index in [1.54, 1.807) is 0 Å². The smallest absolute Gasteiger partial charge is 0.123 e. The van der Waals surface area contributed by atoms with Crippen LogP contribution in [0.15, 0.2) is 24.3 Å². The first kappa shape index (κ1) is 8.70. The van der Waals surface area contributed by atoms with E-state index in [1.807, 2.05) is 19.1 Å². The van der Waals surface area contributed by atoms with Crippen molar-refractivity contribution in [2.45, 2.75) is 25.4 Å². The number of hydrogen-bond acceptors (Lipinski definition) is 1. The molecule has 1 fully saturated rings. The monoisotopic (exact) mass is 180 g/mol. The van der Waals surface area contributed by atoms with Gasteiger partial charge < -0.3 is 5.11 Å². The number of hydrogen-bond donors (Lipinski definition) is 1. The second-order valence-electron chi connectivity index (χ2n) is 3.82. The molecule has 1 N–H and O–H groups in total. The van der Waals surface area contributed by atoms with E-state index < -0.39 is 0 Å². The molecule has 0 radical (unpaired) electrons. The predicted octanol–water partition coefficient (Wildman–Crippen LogP) is 2.31. The van der Waals surface area contributed by atoms with Gasteiger partial charge in [-0.2, -0.15) is 0 Å². The minimum absolute atomic E-state index is 0.171. The summed E-state index contributed by atoms with van der Waals surface area (Å²) >= 11 is 0. The number of benzene rings is 1. The van der Waals surface area contributed by atoms with Crippen LogP contribution in [0.25, 0.3) is 0 Å². The van der Waals surface area contributed by atoms with Crippen LogP contribution in [-0.2, 0) is 0 Å². The number of aliphatic hydroxyl groups is 1. The molecular weight excluding hydrogens is 167 g/mol. The first-order valence-corrected chi connectivity index (χ1v) is 4.62. The van der Waals surface area contributed by atoms with Crippen LogP contribution in [-0.4, -0.2) is 11.2 Å². The van der Waals surface area contributed by atoms with E-state index in [1.165, 1.54) is 12.1 Å². The van der Waals surface area contributed by atoms with Gasteiger partial charge in [0.1, 0.15) is 5.82 Å². The van der Waals surface area contributed by atoms with Crippen LogP contribution in [0.3, 0.4) is 0 Å². The van der Waals surface area contributed by atoms with Gasteiger partial charge in [0.15, 0.2) is 0 Å². The van der Waals surface area contributed by atoms with Crippen LogP contribution in [0.1, 0.15) is 24.8 Å². The Labute approximate surface area is 77.2 Å². The fourth-order valence-corrected chi connectivity index (χ4v) is 1.91. The molecule has 1 saturated carbocycles. The van der Waals surface area contributed by atoms with Gasteiger partial charge >= 0.3 is 0 Å². The van der Waals surface area contributed by atoms with E-state index >= 15 is 0 Å². The highest BCUT2D eigenvalue weighted by Gasteiger charge is 2.36. The Morgan fingerprint density at radius 1 is 1.31 bits per heavy atom. The van der Waals surface area contributed by atoms with Gasteiger partial charge in [-0.1, -0.05) is 19.1 Å². The van der Waals surface area contributed by atoms with Crippen molar-refractivity contribution in [1.29, 1.82) is 0 Å². The summed E-state index contributed by atoms with van der Waals surface area (Å²) in [4.78, 5) is 0. The third-order valence-electron chi connectivity index (χ3n) is 3.04. The largest absolute Gasteiger partial charge is 0.393 e. The Balaban J connectivity index is 2.14. The van der Waals surface area contributed by atoms with Gasteiger partial charge in [0.2, 0.25) is 0 Å². The van der Waals surface area contributed by atoms with E-state index in [9.17, 15) is 9.50 Å². The van der Waals surface area contributed by atoms with Gasteiger partial charge in [0.05, 0.1) is 6.10 Å². The molecule has 0 aliphatic heterocycles. The van der Waals surface area contributed by atoms with Crippen molar-refractivity contribution in [2.24, 2.45) is 5.92 Å². The van der Waals surface area contributed by atoms with Crippen LogP contribution in [0.5, 0.6) is 0 Å². The SMILES string of the molecule is CC1C(O)CC1c1ccc(F)cc1. The lowest BCUT2D eigenvalue weighted by molar-refractivity contribution is 0.0117. The Morgan fingerprint density at radius 3 is 2.38 bits per heavy atom. The Kier molecular flexibility index (Phi) is 2.08. The van der Waals surface area contributed by atoms with Gasteiger partial charge in [-0.15, -0.1) is 0 Å². The minimum atomic E-state index is -0.198. The quantitative estimate of drug-likeness (QED) is 0.703. The molecule has 2 rings (SSSR count). The molecule has 0 spiro atoms. The lowest BCUT2D eigenvalue weighted by Gasteiger charge is -2.39. The zero-order valence-electron chi connectivity index (χ0n) is 7.57. The topological polar surface area (TPSA) is 20.2 Å². The van der Waals surface area contributed by atoms with Crippen LogP contribution >= 0.6 is 0 Å². The van der Waals surface area contributed by atoms with Crippen LogP contribution in [0.4, 0.5) is 4.39 Å². The van der Waals surface area contributed by atoms with Gasteiger partial charge in [-0.25, -0.2) is 4.39 Å². The van der Waals surface area contributed by atoms with Crippen LogP contribution in [0.2, 0.25) is 0 Å². The maximum Gasteiger partial charge on any atom is 0.123 e. The number of halogens is 1. The molecular formula is C11H13FO. The highest BCUT2D eigenvalue weighted by Crippen LogP contribution is 2.42. The molecule has 0 aromatic heterocycles. The molecule has 0 amide bonds. The molecule has 13 heavy (non-hydrogen) atoms. The highest BCUT2D eigenvalue weighted by molar-refractivity contribution is 5.24. The third-order valence-corrected chi connectivity index (χ3v) is 3.04. The van der Waals surface area contributed by atoms with Gasteiger partial charge in [-0.3, -0.25) is 0 Å². The first-order valence-electron chi connectivity index (χ1n) is 4.62. The fourth-order valence-electron chi connectivity index (χ4n) is 1.91. The van der Waals surface area contributed by atoms with Crippen LogP contribution in [0, 0.1) is 11.7 Å². The molecule has 1 nitrogen and oxygen atoms in total.